The van der Waals surface area contributed by atoms with Gasteiger partial charge in [0, 0.05) is 17.1 Å². The van der Waals surface area contributed by atoms with Crippen LogP contribution in [0.4, 0.5) is 0 Å². The van der Waals surface area contributed by atoms with Crippen molar-refractivity contribution in [1.29, 1.82) is 0 Å². The molecule has 1 aliphatic rings. The Balaban J connectivity index is 2.04. The van der Waals surface area contributed by atoms with E-state index in [1.807, 2.05) is 0 Å². The van der Waals surface area contributed by atoms with Crippen LogP contribution in [0.15, 0.2) is 28.7 Å². The van der Waals surface area contributed by atoms with E-state index >= 15 is 0 Å². The molecule has 82 valence electrons. The average molecular weight is 268 g/mol. The van der Waals surface area contributed by atoms with Gasteiger partial charge in [-0.05, 0) is 50.4 Å². The van der Waals surface area contributed by atoms with Crippen molar-refractivity contribution < 1.29 is 0 Å². The van der Waals surface area contributed by atoms with E-state index in [1.165, 1.54) is 29.5 Å². The number of hydrogen-bond donors (Lipinski definition) is 0. The molecule has 1 unspecified atom stereocenters. The molecule has 0 amide bonds. The molecular weight excluding hydrogens is 250 g/mol. The van der Waals surface area contributed by atoms with Crippen molar-refractivity contribution in [2.24, 2.45) is 0 Å². The molecule has 1 aromatic carbocycles. The van der Waals surface area contributed by atoms with Crippen LogP contribution in [0.3, 0.4) is 0 Å². The fraction of sp³-hybridized carbons (Fsp3) is 0.538. The summed E-state index contributed by atoms with van der Waals surface area (Å²) in [6.07, 6.45) is 1.31. The Morgan fingerprint density at radius 3 is 2.47 bits per heavy atom. The molecule has 0 aromatic heterocycles. The maximum Gasteiger partial charge on any atom is 0.0175 e. The molecule has 0 spiro atoms. The van der Waals surface area contributed by atoms with Gasteiger partial charge in [0.2, 0.25) is 0 Å². The summed E-state index contributed by atoms with van der Waals surface area (Å²) < 4.78 is 1.17. The van der Waals surface area contributed by atoms with Gasteiger partial charge in [0.05, 0.1) is 0 Å². The quantitative estimate of drug-likeness (QED) is 0.791. The highest BCUT2D eigenvalue weighted by atomic mass is 79.9. The van der Waals surface area contributed by atoms with Crippen LogP contribution in [0, 0.1) is 0 Å². The Morgan fingerprint density at radius 1 is 1.27 bits per heavy atom. The van der Waals surface area contributed by atoms with Gasteiger partial charge < -0.3 is 4.90 Å². The molecule has 1 atom stereocenters. The smallest absolute Gasteiger partial charge is 0.0175 e. The summed E-state index contributed by atoms with van der Waals surface area (Å²) in [5, 5.41) is 0. The second-order valence-electron chi connectivity index (χ2n) is 4.63. The third-order valence-corrected chi connectivity index (χ3v) is 3.82. The lowest BCUT2D eigenvalue weighted by Crippen LogP contribution is -2.27. The van der Waals surface area contributed by atoms with Gasteiger partial charge in [-0.15, -0.1) is 0 Å². The Morgan fingerprint density at radius 2 is 1.93 bits per heavy atom. The lowest BCUT2D eigenvalue weighted by molar-refractivity contribution is 0.272. The van der Waals surface area contributed by atoms with Gasteiger partial charge in [0.25, 0.3) is 0 Å². The van der Waals surface area contributed by atoms with Gasteiger partial charge in [0.15, 0.2) is 0 Å². The van der Waals surface area contributed by atoms with Gasteiger partial charge in [-0.3, -0.25) is 0 Å². The first kappa shape index (κ1) is 11.2. The zero-order chi connectivity index (χ0) is 10.8. The molecule has 15 heavy (non-hydrogen) atoms. The second-order valence-corrected chi connectivity index (χ2v) is 5.54. The van der Waals surface area contributed by atoms with Crippen LogP contribution < -0.4 is 0 Å². The number of nitrogens with zero attached hydrogens (tertiary/aromatic N) is 1. The van der Waals surface area contributed by atoms with Crippen molar-refractivity contribution in [2.75, 3.05) is 13.1 Å². The van der Waals surface area contributed by atoms with E-state index in [2.05, 4.69) is 58.9 Å². The zero-order valence-electron chi connectivity index (χ0n) is 9.41. The van der Waals surface area contributed by atoms with Crippen molar-refractivity contribution in [1.82, 2.24) is 4.90 Å². The molecule has 0 N–H and O–H groups in total. The van der Waals surface area contributed by atoms with Gasteiger partial charge in [0.1, 0.15) is 0 Å². The molecule has 1 nitrogen and oxygen atoms in total. The lowest BCUT2D eigenvalue weighted by Gasteiger charge is -2.20. The summed E-state index contributed by atoms with van der Waals surface area (Å²) in [6, 6.07) is 9.48. The summed E-state index contributed by atoms with van der Waals surface area (Å²) in [7, 11) is 0. The molecular formula is C13H18BrN. The summed E-state index contributed by atoms with van der Waals surface area (Å²) in [6.45, 7) is 7.03. The van der Waals surface area contributed by atoms with Gasteiger partial charge in [-0.2, -0.15) is 0 Å². The van der Waals surface area contributed by atoms with Gasteiger partial charge >= 0.3 is 0 Å². The van der Waals surface area contributed by atoms with Crippen LogP contribution in [-0.4, -0.2) is 24.0 Å². The van der Waals surface area contributed by atoms with Crippen LogP contribution in [0.2, 0.25) is 0 Å². The first-order chi connectivity index (χ1) is 7.16. The summed E-state index contributed by atoms with van der Waals surface area (Å²) in [4.78, 5) is 2.56. The molecule has 1 fully saturated rings. The van der Waals surface area contributed by atoms with E-state index < -0.39 is 0 Å². The largest absolute Gasteiger partial charge is 0.300 e. The number of hydrogen-bond acceptors (Lipinski definition) is 1. The zero-order valence-corrected chi connectivity index (χ0v) is 11.0. The van der Waals surface area contributed by atoms with Crippen LogP contribution in [0.25, 0.3) is 0 Å². The monoisotopic (exact) mass is 267 g/mol. The summed E-state index contributed by atoms with van der Waals surface area (Å²) in [5.41, 5.74) is 1.49. The topological polar surface area (TPSA) is 3.24 Å². The molecule has 1 saturated heterocycles. The van der Waals surface area contributed by atoms with Crippen LogP contribution >= 0.6 is 15.9 Å². The third-order valence-electron chi connectivity index (χ3n) is 3.29. The van der Waals surface area contributed by atoms with Gasteiger partial charge in [-0.1, -0.05) is 28.1 Å². The normalized spacial score (nSPS) is 22.5. The fourth-order valence-electron chi connectivity index (χ4n) is 2.26. The Bertz CT molecular complexity index is 318. The Labute approximate surface area is 101 Å². The Kier molecular flexibility index (Phi) is 3.47. The first-order valence-electron chi connectivity index (χ1n) is 5.66. The number of benzene rings is 1. The number of halogens is 1. The molecule has 1 aliphatic heterocycles. The van der Waals surface area contributed by atoms with E-state index in [0.29, 0.717) is 6.04 Å². The SMILES string of the molecule is CC(C)N1CCC(c2ccc(Br)cc2)C1. The summed E-state index contributed by atoms with van der Waals surface area (Å²) >= 11 is 3.48. The average Bonchev–Trinajstić information content (AvgIpc) is 2.68. The van der Waals surface area contributed by atoms with E-state index in [1.54, 1.807) is 0 Å². The number of likely N-dealkylation sites (tertiary alicyclic amines) is 1. The first-order valence-corrected chi connectivity index (χ1v) is 6.45. The van der Waals surface area contributed by atoms with E-state index in [-0.39, 0.29) is 0 Å². The fourth-order valence-corrected chi connectivity index (χ4v) is 2.53. The Hall–Kier alpha value is -0.340. The minimum atomic E-state index is 0.686. The number of rotatable bonds is 2. The lowest BCUT2D eigenvalue weighted by atomic mass is 9.99. The van der Waals surface area contributed by atoms with Crippen molar-refractivity contribution in [3.05, 3.63) is 34.3 Å². The minimum Gasteiger partial charge on any atom is -0.300 e. The van der Waals surface area contributed by atoms with Crippen molar-refractivity contribution >= 4 is 15.9 Å². The maximum atomic E-state index is 3.48. The molecule has 0 saturated carbocycles. The van der Waals surface area contributed by atoms with Crippen molar-refractivity contribution in [3.8, 4) is 0 Å². The maximum absolute atomic E-state index is 3.48. The van der Waals surface area contributed by atoms with Crippen LogP contribution in [0.5, 0.6) is 0 Å². The third kappa shape index (κ3) is 2.61. The highest BCUT2D eigenvalue weighted by molar-refractivity contribution is 9.10. The summed E-state index contributed by atoms with van der Waals surface area (Å²) in [5.74, 6) is 0.737. The van der Waals surface area contributed by atoms with Crippen molar-refractivity contribution in [3.63, 3.8) is 0 Å². The van der Waals surface area contributed by atoms with Gasteiger partial charge in [-0.25, -0.2) is 0 Å². The molecule has 1 heterocycles. The predicted molar refractivity (Wildman–Crippen MR) is 68.2 cm³/mol. The minimum absolute atomic E-state index is 0.686. The highest BCUT2D eigenvalue weighted by Crippen LogP contribution is 2.28. The van der Waals surface area contributed by atoms with Crippen LogP contribution in [0.1, 0.15) is 31.7 Å². The molecule has 0 aliphatic carbocycles. The van der Waals surface area contributed by atoms with E-state index in [9.17, 15) is 0 Å². The van der Waals surface area contributed by atoms with E-state index in [0.717, 1.165) is 5.92 Å². The predicted octanol–water partition coefficient (Wildman–Crippen LogP) is 3.65. The molecule has 2 rings (SSSR count). The van der Waals surface area contributed by atoms with Crippen LogP contribution in [-0.2, 0) is 0 Å². The molecule has 0 bridgehead atoms. The molecule has 1 aromatic rings. The van der Waals surface area contributed by atoms with Crippen molar-refractivity contribution in [2.45, 2.75) is 32.2 Å². The second kappa shape index (κ2) is 4.67. The van der Waals surface area contributed by atoms with E-state index in [4.69, 9.17) is 0 Å². The standard InChI is InChI=1S/C13H18BrN/c1-10(2)15-8-7-12(9-15)11-3-5-13(14)6-4-11/h3-6,10,12H,7-9H2,1-2H3. The highest BCUT2D eigenvalue weighted by Gasteiger charge is 2.24. The molecule has 2 heteroatoms. The molecule has 0 radical (unpaired) electrons.